The number of hydrogen-bond acceptors (Lipinski definition) is 4. The summed E-state index contributed by atoms with van der Waals surface area (Å²) in [7, 11) is 0. The highest BCUT2D eigenvalue weighted by Gasteiger charge is 2.38. The molecule has 0 radical (unpaired) electrons. The van der Waals surface area contributed by atoms with Crippen LogP contribution in [0.15, 0.2) is 0 Å². The SMILES string of the molecule is O=C(C(=O)N1CC2CCC(C1)O2)N1CCNCC1. The van der Waals surface area contributed by atoms with Gasteiger partial charge in [-0.3, -0.25) is 9.59 Å². The monoisotopic (exact) mass is 253 g/mol. The van der Waals surface area contributed by atoms with Gasteiger partial charge in [-0.2, -0.15) is 0 Å². The van der Waals surface area contributed by atoms with E-state index in [1.165, 1.54) is 0 Å². The number of amides is 2. The number of nitrogens with zero attached hydrogens (tertiary/aromatic N) is 2. The lowest BCUT2D eigenvalue weighted by Gasteiger charge is -2.34. The Morgan fingerprint density at radius 3 is 2.11 bits per heavy atom. The van der Waals surface area contributed by atoms with Crippen LogP contribution in [-0.2, 0) is 14.3 Å². The van der Waals surface area contributed by atoms with E-state index in [0.29, 0.717) is 26.2 Å². The minimum Gasteiger partial charge on any atom is -0.371 e. The van der Waals surface area contributed by atoms with E-state index in [9.17, 15) is 9.59 Å². The second kappa shape index (κ2) is 4.85. The Morgan fingerprint density at radius 1 is 0.944 bits per heavy atom. The van der Waals surface area contributed by atoms with Crippen molar-refractivity contribution in [2.24, 2.45) is 0 Å². The van der Waals surface area contributed by atoms with Gasteiger partial charge in [-0.05, 0) is 12.8 Å². The van der Waals surface area contributed by atoms with Crippen LogP contribution >= 0.6 is 0 Å². The fourth-order valence-corrected chi connectivity index (χ4v) is 2.92. The van der Waals surface area contributed by atoms with Crippen molar-refractivity contribution in [2.75, 3.05) is 39.3 Å². The zero-order chi connectivity index (χ0) is 12.5. The van der Waals surface area contributed by atoms with Crippen molar-refractivity contribution in [3.05, 3.63) is 0 Å². The van der Waals surface area contributed by atoms with Crippen molar-refractivity contribution in [3.8, 4) is 0 Å². The Labute approximate surface area is 106 Å². The summed E-state index contributed by atoms with van der Waals surface area (Å²) in [5.41, 5.74) is 0. The van der Waals surface area contributed by atoms with Gasteiger partial charge in [0.25, 0.3) is 0 Å². The Morgan fingerprint density at radius 2 is 1.50 bits per heavy atom. The van der Waals surface area contributed by atoms with Crippen LogP contribution in [-0.4, -0.2) is 73.1 Å². The third kappa shape index (κ3) is 2.22. The lowest BCUT2D eigenvalue weighted by molar-refractivity contribution is -0.156. The van der Waals surface area contributed by atoms with Gasteiger partial charge in [0.2, 0.25) is 0 Å². The van der Waals surface area contributed by atoms with E-state index in [2.05, 4.69) is 5.32 Å². The summed E-state index contributed by atoms with van der Waals surface area (Å²) in [6.07, 6.45) is 2.30. The van der Waals surface area contributed by atoms with Crippen LogP contribution in [0, 0.1) is 0 Å². The minimum atomic E-state index is -0.350. The second-order valence-corrected chi connectivity index (χ2v) is 5.21. The highest BCUT2D eigenvalue weighted by Crippen LogP contribution is 2.26. The molecule has 3 heterocycles. The zero-order valence-electron chi connectivity index (χ0n) is 10.4. The standard InChI is InChI=1S/C12H19N3O3/c16-11(14-5-3-13-4-6-14)12(17)15-7-9-1-2-10(8-15)18-9/h9-10,13H,1-8H2. The van der Waals surface area contributed by atoms with Gasteiger partial charge >= 0.3 is 11.8 Å². The molecule has 2 unspecified atom stereocenters. The molecule has 0 saturated carbocycles. The van der Waals surface area contributed by atoms with Gasteiger partial charge in [-0.15, -0.1) is 0 Å². The van der Waals surface area contributed by atoms with E-state index in [1.54, 1.807) is 9.80 Å². The Bertz CT molecular complexity index is 342. The molecule has 2 amide bonds. The molecule has 2 atom stereocenters. The number of nitrogens with one attached hydrogen (secondary N) is 1. The van der Waals surface area contributed by atoms with Crippen LogP contribution in [0.5, 0.6) is 0 Å². The predicted octanol–water partition coefficient (Wildman–Crippen LogP) is -1.19. The molecule has 6 heteroatoms. The molecule has 3 aliphatic heterocycles. The Balaban J connectivity index is 1.61. The van der Waals surface area contributed by atoms with E-state index < -0.39 is 0 Å². The number of likely N-dealkylation sites (tertiary alicyclic amines) is 1. The summed E-state index contributed by atoms with van der Waals surface area (Å²) in [6, 6.07) is 0. The van der Waals surface area contributed by atoms with E-state index >= 15 is 0 Å². The number of carbonyl (C=O) groups is 2. The molecule has 3 fully saturated rings. The summed E-state index contributed by atoms with van der Waals surface area (Å²) in [4.78, 5) is 27.6. The number of morpholine rings is 1. The summed E-state index contributed by atoms with van der Waals surface area (Å²) in [6.45, 7) is 3.95. The van der Waals surface area contributed by atoms with Crippen LogP contribution in [0.1, 0.15) is 12.8 Å². The van der Waals surface area contributed by atoms with Crippen LogP contribution in [0.25, 0.3) is 0 Å². The van der Waals surface area contributed by atoms with E-state index in [-0.39, 0.29) is 24.0 Å². The number of rotatable bonds is 0. The number of hydrogen-bond donors (Lipinski definition) is 1. The smallest absolute Gasteiger partial charge is 0.312 e. The van der Waals surface area contributed by atoms with Gasteiger partial charge in [-0.1, -0.05) is 0 Å². The molecule has 2 bridgehead atoms. The fraction of sp³-hybridized carbons (Fsp3) is 0.833. The lowest BCUT2D eigenvalue weighted by atomic mass is 10.2. The van der Waals surface area contributed by atoms with Crippen LogP contribution in [0.2, 0.25) is 0 Å². The maximum atomic E-state index is 12.2. The Kier molecular flexibility index (Phi) is 3.22. The predicted molar refractivity (Wildman–Crippen MR) is 63.9 cm³/mol. The van der Waals surface area contributed by atoms with Crippen molar-refractivity contribution in [1.29, 1.82) is 0 Å². The summed E-state index contributed by atoms with van der Waals surface area (Å²) in [5.74, 6) is -0.699. The highest BCUT2D eigenvalue weighted by atomic mass is 16.5. The molecule has 100 valence electrons. The molecule has 0 aromatic carbocycles. The van der Waals surface area contributed by atoms with Crippen molar-refractivity contribution in [1.82, 2.24) is 15.1 Å². The largest absolute Gasteiger partial charge is 0.371 e. The molecule has 0 aromatic rings. The average molecular weight is 253 g/mol. The summed E-state index contributed by atoms with van der Waals surface area (Å²) < 4.78 is 5.67. The number of carbonyl (C=O) groups excluding carboxylic acids is 2. The van der Waals surface area contributed by atoms with Crippen LogP contribution < -0.4 is 5.32 Å². The number of fused-ring (bicyclic) bond motifs is 2. The van der Waals surface area contributed by atoms with E-state index in [1.807, 2.05) is 0 Å². The first-order chi connectivity index (χ1) is 8.74. The summed E-state index contributed by atoms with van der Waals surface area (Å²) in [5, 5.41) is 3.17. The number of ether oxygens (including phenoxy) is 1. The zero-order valence-corrected chi connectivity index (χ0v) is 10.4. The third-order valence-electron chi connectivity index (χ3n) is 3.92. The first kappa shape index (κ1) is 11.9. The maximum Gasteiger partial charge on any atom is 0.312 e. The molecular formula is C12H19N3O3. The molecular weight excluding hydrogens is 234 g/mol. The molecule has 3 rings (SSSR count). The molecule has 1 N–H and O–H groups in total. The lowest BCUT2D eigenvalue weighted by Crippen LogP contribution is -2.55. The van der Waals surface area contributed by atoms with E-state index in [4.69, 9.17) is 4.74 Å². The molecule has 3 saturated heterocycles. The van der Waals surface area contributed by atoms with Gasteiger partial charge in [0, 0.05) is 39.3 Å². The number of piperazine rings is 1. The minimum absolute atomic E-state index is 0.142. The van der Waals surface area contributed by atoms with Crippen molar-refractivity contribution in [2.45, 2.75) is 25.0 Å². The third-order valence-corrected chi connectivity index (χ3v) is 3.92. The average Bonchev–Trinajstić information content (AvgIpc) is 2.77. The Hall–Kier alpha value is -1.14. The van der Waals surface area contributed by atoms with Crippen LogP contribution in [0.3, 0.4) is 0 Å². The normalized spacial score (nSPS) is 31.6. The molecule has 3 aliphatic rings. The van der Waals surface area contributed by atoms with Gasteiger partial charge in [-0.25, -0.2) is 0 Å². The molecule has 0 spiro atoms. The molecule has 18 heavy (non-hydrogen) atoms. The van der Waals surface area contributed by atoms with Gasteiger partial charge in [0.05, 0.1) is 12.2 Å². The molecule has 0 aromatic heterocycles. The first-order valence-electron chi connectivity index (χ1n) is 6.68. The fourth-order valence-electron chi connectivity index (χ4n) is 2.92. The molecule has 6 nitrogen and oxygen atoms in total. The van der Waals surface area contributed by atoms with Crippen molar-refractivity contribution >= 4 is 11.8 Å². The van der Waals surface area contributed by atoms with Gasteiger partial charge < -0.3 is 19.9 Å². The van der Waals surface area contributed by atoms with Gasteiger partial charge in [0.1, 0.15) is 0 Å². The van der Waals surface area contributed by atoms with Gasteiger partial charge in [0.15, 0.2) is 0 Å². The summed E-state index contributed by atoms with van der Waals surface area (Å²) >= 11 is 0. The van der Waals surface area contributed by atoms with Crippen molar-refractivity contribution in [3.63, 3.8) is 0 Å². The maximum absolute atomic E-state index is 12.2. The van der Waals surface area contributed by atoms with Crippen molar-refractivity contribution < 1.29 is 14.3 Å². The quantitative estimate of drug-likeness (QED) is 0.551. The first-order valence-corrected chi connectivity index (χ1v) is 6.68. The van der Waals surface area contributed by atoms with Crippen LogP contribution in [0.4, 0.5) is 0 Å². The van der Waals surface area contributed by atoms with E-state index in [0.717, 1.165) is 25.9 Å². The molecule has 0 aliphatic carbocycles. The topological polar surface area (TPSA) is 61.9 Å². The highest BCUT2D eigenvalue weighted by molar-refractivity contribution is 6.34. The second-order valence-electron chi connectivity index (χ2n) is 5.21.